The highest BCUT2D eigenvalue weighted by Crippen LogP contribution is 2.35. The zero-order chi connectivity index (χ0) is 16.1. The van der Waals surface area contributed by atoms with E-state index in [9.17, 15) is 4.79 Å². The predicted octanol–water partition coefficient (Wildman–Crippen LogP) is 5.02. The summed E-state index contributed by atoms with van der Waals surface area (Å²) in [6.45, 7) is 3.80. The Bertz CT molecular complexity index is 513. The third-order valence-corrected chi connectivity index (χ3v) is 5.03. The maximum Gasteiger partial charge on any atom is 0.306 e. The Morgan fingerprint density at radius 2 is 2.05 bits per heavy atom. The molecular weight excluding hydrogens is 321 g/mol. The Labute approximate surface area is 142 Å². The van der Waals surface area contributed by atoms with E-state index in [1.807, 2.05) is 12.1 Å². The van der Waals surface area contributed by atoms with E-state index in [-0.39, 0.29) is 12.0 Å². The minimum Gasteiger partial charge on any atom is -0.481 e. The van der Waals surface area contributed by atoms with Crippen molar-refractivity contribution in [3.63, 3.8) is 0 Å². The van der Waals surface area contributed by atoms with Gasteiger partial charge in [0, 0.05) is 16.1 Å². The number of piperidine rings is 1. The molecule has 1 heterocycles. The number of likely N-dealkylation sites (tertiary alicyclic amines) is 1. The highest BCUT2D eigenvalue weighted by Gasteiger charge is 2.29. The van der Waals surface area contributed by atoms with Gasteiger partial charge >= 0.3 is 5.97 Å². The lowest BCUT2D eigenvalue weighted by molar-refractivity contribution is -0.143. The van der Waals surface area contributed by atoms with E-state index in [4.69, 9.17) is 28.3 Å². The standard InChI is InChI=1S/C17H23Cl2NO2/c1-2-3-4-16(14-6-5-13(18)11-15(14)19)20-9-7-12(8-10-20)17(21)22/h5-6,11-12,16H,2-4,7-10H2,1H3,(H,21,22). The number of halogens is 2. The monoisotopic (exact) mass is 343 g/mol. The lowest BCUT2D eigenvalue weighted by Gasteiger charge is -2.37. The first-order valence-corrected chi connectivity index (χ1v) is 8.70. The molecule has 1 aromatic carbocycles. The van der Waals surface area contributed by atoms with E-state index in [0.29, 0.717) is 22.9 Å². The van der Waals surface area contributed by atoms with E-state index >= 15 is 0 Å². The predicted molar refractivity (Wildman–Crippen MR) is 90.7 cm³/mol. The molecule has 2 rings (SSSR count). The molecule has 1 N–H and O–H groups in total. The summed E-state index contributed by atoms with van der Waals surface area (Å²) < 4.78 is 0. The summed E-state index contributed by atoms with van der Waals surface area (Å²) in [6.07, 6.45) is 4.72. The number of benzene rings is 1. The smallest absolute Gasteiger partial charge is 0.306 e. The van der Waals surface area contributed by atoms with Gasteiger partial charge in [-0.25, -0.2) is 0 Å². The summed E-state index contributed by atoms with van der Waals surface area (Å²) >= 11 is 12.4. The molecule has 0 bridgehead atoms. The summed E-state index contributed by atoms with van der Waals surface area (Å²) in [5.41, 5.74) is 1.10. The topological polar surface area (TPSA) is 40.5 Å². The first-order valence-electron chi connectivity index (χ1n) is 7.94. The first-order chi connectivity index (χ1) is 10.5. The van der Waals surface area contributed by atoms with Crippen LogP contribution in [-0.2, 0) is 4.79 Å². The molecule has 3 nitrogen and oxygen atoms in total. The van der Waals surface area contributed by atoms with Crippen LogP contribution in [0, 0.1) is 5.92 Å². The summed E-state index contributed by atoms with van der Waals surface area (Å²) in [5.74, 6) is -0.877. The number of rotatable bonds is 6. The van der Waals surface area contributed by atoms with Crippen molar-refractivity contribution in [2.45, 2.75) is 45.1 Å². The molecule has 0 radical (unpaired) electrons. The Kier molecular flexibility index (Phi) is 6.54. The van der Waals surface area contributed by atoms with Gasteiger partial charge in [0.05, 0.1) is 5.92 Å². The van der Waals surface area contributed by atoms with Crippen LogP contribution in [0.25, 0.3) is 0 Å². The Morgan fingerprint density at radius 1 is 1.36 bits per heavy atom. The first kappa shape index (κ1) is 17.6. The number of carbonyl (C=O) groups is 1. The number of carboxylic acid groups (broad SMARTS) is 1. The van der Waals surface area contributed by atoms with Crippen molar-refractivity contribution in [3.8, 4) is 0 Å². The van der Waals surface area contributed by atoms with Crippen LogP contribution in [0.4, 0.5) is 0 Å². The van der Waals surface area contributed by atoms with Gasteiger partial charge in [0.2, 0.25) is 0 Å². The zero-order valence-electron chi connectivity index (χ0n) is 12.9. The minimum absolute atomic E-state index is 0.205. The van der Waals surface area contributed by atoms with Crippen molar-refractivity contribution in [3.05, 3.63) is 33.8 Å². The third-order valence-electron chi connectivity index (χ3n) is 4.47. The van der Waals surface area contributed by atoms with Crippen LogP contribution in [-0.4, -0.2) is 29.1 Å². The maximum atomic E-state index is 11.1. The van der Waals surface area contributed by atoms with E-state index in [0.717, 1.165) is 37.9 Å². The fraction of sp³-hybridized carbons (Fsp3) is 0.588. The van der Waals surface area contributed by atoms with Crippen LogP contribution >= 0.6 is 23.2 Å². The Hall–Kier alpha value is -0.770. The fourth-order valence-electron chi connectivity index (χ4n) is 3.16. The minimum atomic E-state index is -0.672. The van der Waals surface area contributed by atoms with Crippen molar-refractivity contribution in [2.24, 2.45) is 5.92 Å². The largest absolute Gasteiger partial charge is 0.481 e. The van der Waals surface area contributed by atoms with Gasteiger partial charge in [0.1, 0.15) is 0 Å². The molecule has 122 valence electrons. The lowest BCUT2D eigenvalue weighted by atomic mass is 9.92. The molecule has 1 unspecified atom stereocenters. The van der Waals surface area contributed by atoms with Crippen LogP contribution in [0.2, 0.25) is 10.0 Å². The number of aliphatic carboxylic acids is 1. The van der Waals surface area contributed by atoms with Crippen LogP contribution in [0.3, 0.4) is 0 Å². The Balaban J connectivity index is 2.14. The third kappa shape index (κ3) is 4.37. The molecule has 1 saturated heterocycles. The number of nitrogens with zero attached hydrogens (tertiary/aromatic N) is 1. The Morgan fingerprint density at radius 3 is 2.59 bits per heavy atom. The van der Waals surface area contributed by atoms with Crippen molar-refractivity contribution >= 4 is 29.2 Å². The molecule has 1 atom stereocenters. The van der Waals surface area contributed by atoms with Crippen molar-refractivity contribution in [1.29, 1.82) is 0 Å². The molecule has 1 aliphatic heterocycles. The number of unbranched alkanes of at least 4 members (excludes halogenated alkanes) is 1. The molecular formula is C17H23Cl2NO2. The molecule has 0 spiro atoms. The molecule has 0 saturated carbocycles. The van der Waals surface area contributed by atoms with Crippen LogP contribution in [0.1, 0.15) is 50.6 Å². The zero-order valence-corrected chi connectivity index (χ0v) is 14.4. The van der Waals surface area contributed by atoms with Crippen molar-refractivity contribution in [2.75, 3.05) is 13.1 Å². The quantitative estimate of drug-likeness (QED) is 0.788. The molecule has 1 aromatic rings. The lowest BCUT2D eigenvalue weighted by Crippen LogP contribution is -2.38. The average molecular weight is 344 g/mol. The van der Waals surface area contributed by atoms with E-state index < -0.39 is 5.97 Å². The molecule has 0 amide bonds. The summed E-state index contributed by atoms with van der Waals surface area (Å²) in [6, 6.07) is 5.93. The molecule has 1 aliphatic rings. The second-order valence-corrected chi connectivity index (χ2v) is 6.82. The van der Waals surface area contributed by atoms with Crippen LogP contribution in [0.5, 0.6) is 0 Å². The highest BCUT2D eigenvalue weighted by atomic mass is 35.5. The van der Waals surface area contributed by atoms with Gasteiger partial charge in [0.25, 0.3) is 0 Å². The molecule has 1 fully saturated rings. The fourth-order valence-corrected chi connectivity index (χ4v) is 3.70. The van der Waals surface area contributed by atoms with Gasteiger partial charge in [0.15, 0.2) is 0 Å². The van der Waals surface area contributed by atoms with Gasteiger partial charge in [-0.3, -0.25) is 9.69 Å². The second kappa shape index (κ2) is 8.19. The van der Waals surface area contributed by atoms with Gasteiger partial charge in [-0.05, 0) is 50.0 Å². The molecule has 0 aromatic heterocycles. The number of carboxylic acids is 1. The van der Waals surface area contributed by atoms with E-state index in [2.05, 4.69) is 11.8 Å². The van der Waals surface area contributed by atoms with Crippen LogP contribution < -0.4 is 0 Å². The van der Waals surface area contributed by atoms with Crippen LogP contribution in [0.15, 0.2) is 18.2 Å². The normalized spacial score (nSPS) is 18.3. The molecule has 22 heavy (non-hydrogen) atoms. The van der Waals surface area contributed by atoms with Gasteiger partial charge in [-0.15, -0.1) is 0 Å². The highest BCUT2D eigenvalue weighted by molar-refractivity contribution is 6.35. The molecule has 0 aliphatic carbocycles. The van der Waals surface area contributed by atoms with Crippen molar-refractivity contribution < 1.29 is 9.90 Å². The van der Waals surface area contributed by atoms with Crippen molar-refractivity contribution in [1.82, 2.24) is 4.90 Å². The van der Waals surface area contributed by atoms with Gasteiger partial charge in [-0.1, -0.05) is 49.0 Å². The second-order valence-electron chi connectivity index (χ2n) is 5.97. The maximum absolute atomic E-state index is 11.1. The van der Waals surface area contributed by atoms with E-state index in [1.54, 1.807) is 6.07 Å². The average Bonchev–Trinajstić information content (AvgIpc) is 2.49. The number of hydrogen-bond donors (Lipinski definition) is 1. The van der Waals surface area contributed by atoms with E-state index in [1.165, 1.54) is 0 Å². The summed E-state index contributed by atoms with van der Waals surface area (Å²) in [5, 5.41) is 10.5. The van der Waals surface area contributed by atoms with Gasteiger partial charge < -0.3 is 5.11 Å². The summed E-state index contributed by atoms with van der Waals surface area (Å²) in [7, 11) is 0. The summed E-state index contributed by atoms with van der Waals surface area (Å²) in [4.78, 5) is 13.5. The number of hydrogen-bond acceptors (Lipinski definition) is 2. The van der Waals surface area contributed by atoms with Gasteiger partial charge in [-0.2, -0.15) is 0 Å². The molecule has 5 heteroatoms. The SMILES string of the molecule is CCCCC(c1ccc(Cl)cc1Cl)N1CCC(C(=O)O)CC1.